The van der Waals surface area contributed by atoms with Crippen LogP contribution < -0.4 is 16.0 Å². The van der Waals surface area contributed by atoms with Gasteiger partial charge in [-0.25, -0.2) is 4.79 Å². The normalized spacial score (nSPS) is 24.4. The predicted octanol–water partition coefficient (Wildman–Crippen LogP) is 2.41. The van der Waals surface area contributed by atoms with Crippen molar-refractivity contribution in [1.82, 2.24) is 16.0 Å². The molecule has 2 aliphatic rings. The number of carbonyl (C=O) groups excluding carboxylic acids is 1. The molecule has 7 nitrogen and oxygen atoms in total. The molecule has 1 amide bonds. The molecule has 0 aliphatic heterocycles. The van der Waals surface area contributed by atoms with E-state index in [0.29, 0.717) is 24.1 Å². The number of carbonyl (C=O) groups is 1. The second-order valence-corrected chi connectivity index (χ2v) is 8.24. The zero-order valence-corrected chi connectivity index (χ0v) is 17.0. The first-order valence-electron chi connectivity index (χ1n) is 9.86. The van der Waals surface area contributed by atoms with Crippen molar-refractivity contribution in [1.29, 1.82) is 0 Å². The first kappa shape index (κ1) is 20.8. The van der Waals surface area contributed by atoms with Crippen LogP contribution in [-0.4, -0.2) is 56.5 Å². The van der Waals surface area contributed by atoms with Gasteiger partial charge < -0.3 is 25.4 Å². The Kier molecular flexibility index (Phi) is 7.15. The molecule has 2 atom stereocenters. The maximum atomic E-state index is 11.6. The summed E-state index contributed by atoms with van der Waals surface area (Å²) in [6.45, 7) is 9.73. The molecule has 0 aromatic carbocycles. The van der Waals surface area contributed by atoms with Crippen LogP contribution in [0.25, 0.3) is 0 Å². The minimum atomic E-state index is -0.464. The van der Waals surface area contributed by atoms with E-state index in [1.165, 1.54) is 19.3 Å². The fraction of sp³-hybridized carbons (Fsp3) is 0.895. The molecule has 2 fully saturated rings. The zero-order chi connectivity index (χ0) is 19.2. The van der Waals surface area contributed by atoms with Crippen molar-refractivity contribution in [2.45, 2.75) is 77.5 Å². The zero-order valence-electron chi connectivity index (χ0n) is 17.0. The monoisotopic (exact) mass is 368 g/mol. The fourth-order valence-electron chi connectivity index (χ4n) is 3.80. The molecule has 150 valence electrons. The Hall–Kier alpha value is -1.50. The molecule has 1 spiro atoms. The molecule has 2 saturated carbocycles. The minimum absolute atomic E-state index is 0.311. The predicted molar refractivity (Wildman–Crippen MR) is 103 cm³/mol. The smallest absolute Gasteiger partial charge is 0.407 e. The topological polar surface area (TPSA) is 84.0 Å². The summed E-state index contributed by atoms with van der Waals surface area (Å²) >= 11 is 0. The van der Waals surface area contributed by atoms with Gasteiger partial charge in [0.05, 0.1) is 6.10 Å². The van der Waals surface area contributed by atoms with Crippen molar-refractivity contribution in [2.75, 3.05) is 26.7 Å². The van der Waals surface area contributed by atoms with Crippen LogP contribution in [0.1, 0.15) is 59.8 Å². The van der Waals surface area contributed by atoms with Crippen molar-refractivity contribution in [3.05, 3.63) is 0 Å². The lowest BCUT2D eigenvalue weighted by molar-refractivity contribution is -0.168. The molecule has 0 aromatic rings. The fourth-order valence-corrected chi connectivity index (χ4v) is 3.80. The maximum absolute atomic E-state index is 11.6. The second kappa shape index (κ2) is 8.93. The highest BCUT2D eigenvalue weighted by Crippen LogP contribution is 2.57. The lowest BCUT2D eigenvalue weighted by atomic mass is 9.51. The Labute approximate surface area is 157 Å². The summed E-state index contributed by atoms with van der Waals surface area (Å²) in [4.78, 5) is 15.9. The minimum Gasteiger partial charge on any atom is -0.444 e. The molecule has 2 unspecified atom stereocenters. The first-order valence-corrected chi connectivity index (χ1v) is 9.86. The van der Waals surface area contributed by atoms with E-state index in [2.05, 4.69) is 27.9 Å². The van der Waals surface area contributed by atoms with Crippen molar-refractivity contribution in [3.63, 3.8) is 0 Å². The molecule has 26 heavy (non-hydrogen) atoms. The Bertz CT molecular complexity index is 498. The largest absolute Gasteiger partial charge is 0.444 e. The van der Waals surface area contributed by atoms with E-state index in [0.717, 1.165) is 32.0 Å². The molecule has 2 aliphatic carbocycles. The van der Waals surface area contributed by atoms with Crippen LogP contribution in [-0.2, 0) is 9.47 Å². The van der Waals surface area contributed by atoms with Gasteiger partial charge in [-0.2, -0.15) is 0 Å². The number of rotatable bonds is 7. The van der Waals surface area contributed by atoms with Crippen molar-refractivity contribution in [2.24, 2.45) is 10.4 Å². The third-order valence-electron chi connectivity index (χ3n) is 5.29. The number of nitrogens with one attached hydrogen (secondary N) is 3. The van der Waals surface area contributed by atoms with Crippen LogP contribution in [0, 0.1) is 5.41 Å². The van der Waals surface area contributed by atoms with Crippen molar-refractivity contribution in [3.8, 4) is 0 Å². The molecule has 0 bridgehead atoms. The van der Waals surface area contributed by atoms with Crippen LogP contribution in [0.4, 0.5) is 4.79 Å². The van der Waals surface area contributed by atoms with E-state index < -0.39 is 5.60 Å². The molecule has 0 radical (unpaired) electrons. The number of amides is 1. The summed E-state index contributed by atoms with van der Waals surface area (Å²) < 4.78 is 11.1. The van der Waals surface area contributed by atoms with Gasteiger partial charge >= 0.3 is 6.09 Å². The highest BCUT2D eigenvalue weighted by molar-refractivity contribution is 5.80. The van der Waals surface area contributed by atoms with E-state index in [-0.39, 0.29) is 6.09 Å². The average Bonchev–Trinajstić information content (AvgIpc) is 2.48. The quantitative estimate of drug-likeness (QED) is 0.365. The van der Waals surface area contributed by atoms with E-state index >= 15 is 0 Å². The highest BCUT2D eigenvalue weighted by atomic mass is 16.6. The van der Waals surface area contributed by atoms with Gasteiger partial charge in [0.2, 0.25) is 0 Å². The summed E-state index contributed by atoms with van der Waals surface area (Å²) in [5.41, 5.74) is -0.153. The SMILES string of the molecule is CCOC1CC(NC(=NC)NCCCNC(=O)OC(C)(C)C)C12CCC2. The van der Waals surface area contributed by atoms with E-state index in [1.807, 2.05) is 20.8 Å². The van der Waals surface area contributed by atoms with E-state index in [9.17, 15) is 4.79 Å². The van der Waals surface area contributed by atoms with E-state index in [1.54, 1.807) is 7.05 Å². The molecular formula is C19H36N4O3. The van der Waals surface area contributed by atoms with Crippen LogP contribution in [0.2, 0.25) is 0 Å². The first-order chi connectivity index (χ1) is 12.3. The second-order valence-electron chi connectivity index (χ2n) is 8.24. The summed E-state index contributed by atoms with van der Waals surface area (Å²) in [6, 6.07) is 0.443. The number of ether oxygens (including phenoxy) is 2. The molecule has 0 aromatic heterocycles. The Morgan fingerprint density at radius 3 is 2.46 bits per heavy atom. The van der Waals surface area contributed by atoms with Gasteiger partial charge in [0.1, 0.15) is 5.60 Å². The number of nitrogens with zero attached hydrogens (tertiary/aromatic N) is 1. The van der Waals surface area contributed by atoms with Crippen molar-refractivity contribution < 1.29 is 14.3 Å². The summed E-state index contributed by atoms with van der Waals surface area (Å²) in [7, 11) is 1.79. The summed E-state index contributed by atoms with van der Waals surface area (Å²) in [5, 5.41) is 9.66. The lowest BCUT2D eigenvalue weighted by Gasteiger charge is -2.61. The summed E-state index contributed by atoms with van der Waals surface area (Å²) in [5.74, 6) is 0.827. The van der Waals surface area contributed by atoms with Gasteiger partial charge in [-0.15, -0.1) is 0 Å². The number of hydrogen-bond donors (Lipinski definition) is 3. The molecular weight excluding hydrogens is 332 g/mol. The standard InChI is InChI=1S/C19H36N4O3/c1-6-25-15-13-14(19(15)9-7-10-19)23-16(20-5)21-11-8-12-22-17(24)26-18(2,3)4/h14-15H,6-13H2,1-5H3,(H,22,24)(H2,20,21,23). The highest BCUT2D eigenvalue weighted by Gasteiger charge is 2.59. The van der Waals surface area contributed by atoms with Crippen LogP contribution >= 0.6 is 0 Å². The third kappa shape index (κ3) is 5.25. The molecule has 0 saturated heterocycles. The van der Waals surface area contributed by atoms with Gasteiger partial charge in [-0.1, -0.05) is 6.42 Å². The Morgan fingerprint density at radius 2 is 1.92 bits per heavy atom. The third-order valence-corrected chi connectivity index (χ3v) is 5.29. The van der Waals surface area contributed by atoms with Gasteiger partial charge in [-0.05, 0) is 53.4 Å². The van der Waals surface area contributed by atoms with E-state index in [4.69, 9.17) is 9.47 Å². The van der Waals surface area contributed by atoms with Crippen LogP contribution in [0.5, 0.6) is 0 Å². The molecule has 2 rings (SSSR count). The number of hydrogen-bond acceptors (Lipinski definition) is 4. The van der Waals surface area contributed by atoms with Crippen LogP contribution in [0.3, 0.4) is 0 Å². The molecule has 3 N–H and O–H groups in total. The van der Waals surface area contributed by atoms with Crippen LogP contribution in [0.15, 0.2) is 4.99 Å². The molecule has 0 heterocycles. The average molecular weight is 369 g/mol. The van der Waals surface area contributed by atoms with Gasteiger partial charge in [0, 0.05) is 38.2 Å². The maximum Gasteiger partial charge on any atom is 0.407 e. The van der Waals surface area contributed by atoms with Gasteiger partial charge in [0.15, 0.2) is 5.96 Å². The van der Waals surface area contributed by atoms with Crippen molar-refractivity contribution >= 4 is 12.1 Å². The summed E-state index contributed by atoms with van der Waals surface area (Å²) in [6.07, 6.45) is 5.66. The molecule has 7 heteroatoms. The van der Waals surface area contributed by atoms with Gasteiger partial charge in [-0.3, -0.25) is 4.99 Å². The number of alkyl carbamates (subject to hydrolysis) is 1. The lowest BCUT2D eigenvalue weighted by Crippen LogP contribution is -2.68. The number of guanidine groups is 1. The van der Waals surface area contributed by atoms with Gasteiger partial charge in [0.25, 0.3) is 0 Å². The number of aliphatic imine (C=N–C) groups is 1. The Morgan fingerprint density at radius 1 is 1.23 bits per heavy atom. The Balaban J connectivity index is 1.64.